The van der Waals surface area contributed by atoms with Gasteiger partial charge < -0.3 is 17.3 Å². The predicted molar refractivity (Wildman–Crippen MR) is 57.4 cm³/mol. The predicted octanol–water partition coefficient (Wildman–Crippen LogP) is 0.0838. The monoisotopic (exact) mass is 223 g/mol. The van der Waals surface area contributed by atoms with Crippen LogP contribution in [-0.4, -0.2) is 13.1 Å². The quantitative estimate of drug-likeness (QED) is 0.632. The number of hydrogen-bond acceptors (Lipinski definition) is 2. The van der Waals surface area contributed by atoms with Crippen LogP contribution in [0.2, 0.25) is 0 Å². The van der Waals surface area contributed by atoms with E-state index in [-0.39, 0.29) is 12.4 Å². The van der Waals surface area contributed by atoms with E-state index in [4.69, 9.17) is 5.39 Å². The second-order valence-corrected chi connectivity index (χ2v) is 3.76. The zero-order valence-electron chi connectivity index (χ0n) is 8.78. The lowest BCUT2D eigenvalue weighted by atomic mass is 10.1. The fourth-order valence-electron chi connectivity index (χ4n) is 2.01. The first-order chi connectivity index (χ1) is 6.81. The number of aryl methyl sites for hydroxylation is 1. The largest absolute Gasteiger partial charge is 1.00 e. The summed E-state index contributed by atoms with van der Waals surface area (Å²) in [5, 5.41) is 8.63. The Labute approximate surface area is 96.1 Å². The van der Waals surface area contributed by atoms with Gasteiger partial charge in [0.15, 0.2) is 4.98 Å². The smallest absolute Gasteiger partial charge is 0.385 e. The topological polar surface area (TPSA) is 31.4 Å². The summed E-state index contributed by atoms with van der Waals surface area (Å²) in [6.45, 7) is 4.36. The molecular weight excluding hydrogens is 210 g/mol. The summed E-state index contributed by atoms with van der Waals surface area (Å²) in [6.07, 6.45) is 2.57. The maximum atomic E-state index is 8.63. The van der Waals surface area contributed by atoms with Gasteiger partial charge in [-0.25, -0.2) is 0 Å². The van der Waals surface area contributed by atoms with Gasteiger partial charge in [-0.05, 0) is 31.4 Å². The molecule has 15 heavy (non-hydrogen) atoms. The van der Waals surface area contributed by atoms with Gasteiger partial charge in [-0.1, -0.05) is 0 Å². The molecule has 4 heteroatoms. The van der Waals surface area contributed by atoms with Crippen LogP contribution in [0.4, 0.5) is 11.4 Å². The lowest BCUT2D eigenvalue weighted by Crippen LogP contribution is -3.00. The van der Waals surface area contributed by atoms with E-state index in [1.807, 2.05) is 18.2 Å². The normalized spacial score (nSPS) is 14.5. The summed E-state index contributed by atoms with van der Waals surface area (Å²) < 4.78 is 0. The van der Waals surface area contributed by atoms with Crippen molar-refractivity contribution in [2.45, 2.75) is 19.8 Å². The van der Waals surface area contributed by atoms with Crippen molar-refractivity contribution in [3.8, 4) is 0 Å². The zero-order valence-corrected chi connectivity index (χ0v) is 9.54. The molecule has 0 N–H and O–H groups in total. The van der Waals surface area contributed by atoms with E-state index in [9.17, 15) is 0 Å². The molecule has 1 saturated heterocycles. The number of diazo groups is 1. The minimum absolute atomic E-state index is 0. The molecule has 1 heterocycles. The van der Waals surface area contributed by atoms with Gasteiger partial charge in [0.1, 0.15) is 0 Å². The molecule has 2 rings (SSSR count). The highest BCUT2D eigenvalue weighted by Crippen LogP contribution is 2.27. The van der Waals surface area contributed by atoms with Crippen molar-refractivity contribution < 1.29 is 12.4 Å². The molecule has 0 bridgehead atoms. The van der Waals surface area contributed by atoms with Crippen LogP contribution in [-0.2, 0) is 0 Å². The van der Waals surface area contributed by atoms with Gasteiger partial charge in [-0.15, -0.1) is 0 Å². The Morgan fingerprint density at radius 2 is 1.93 bits per heavy atom. The third kappa shape index (κ3) is 2.40. The van der Waals surface area contributed by atoms with Gasteiger partial charge in [-0.2, -0.15) is 0 Å². The number of rotatable bonds is 1. The molecular formula is C11H14ClN3. The van der Waals surface area contributed by atoms with E-state index in [0.29, 0.717) is 5.69 Å². The number of hydrogen-bond donors (Lipinski definition) is 0. The number of nitrogens with zero attached hydrogens (tertiary/aromatic N) is 3. The molecule has 0 saturated carbocycles. The highest BCUT2D eigenvalue weighted by molar-refractivity contribution is 5.61. The summed E-state index contributed by atoms with van der Waals surface area (Å²) >= 11 is 0. The third-order valence-electron chi connectivity index (χ3n) is 2.74. The van der Waals surface area contributed by atoms with Gasteiger partial charge >= 0.3 is 5.69 Å². The number of benzene rings is 1. The molecule has 0 aliphatic carbocycles. The Kier molecular flexibility index (Phi) is 3.93. The summed E-state index contributed by atoms with van der Waals surface area (Å²) in [5.74, 6) is 0. The maximum absolute atomic E-state index is 8.63. The van der Waals surface area contributed by atoms with Gasteiger partial charge in [0.05, 0.1) is 0 Å². The van der Waals surface area contributed by atoms with Crippen LogP contribution in [0, 0.1) is 12.3 Å². The fraction of sp³-hybridized carbons (Fsp3) is 0.455. The second kappa shape index (κ2) is 4.99. The van der Waals surface area contributed by atoms with Gasteiger partial charge in [0, 0.05) is 30.9 Å². The second-order valence-electron chi connectivity index (χ2n) is 3.76. The Morgan fingerprint density at radius 1 is 1.27 bits per heavy atom. The highest BCUT2D eigenvalue weighted by atomic mass is 35.5. The number of halogens is 1. The van der Waals surface area contributed by atoms with E-state index < -0.39 is 0 Å². The molecule has 1 fully saturated rings. The Morgan fingerprint density at radius 3 is 2.47 bits per heavy atom. The van der Waals surface area contributed by atoms with Crippen molar-refractivity contribution in [2.75, 3.05) is 18.0 Å². The summed E-state index contributed by atoms with van der Waals surface area (Å²) in [6, 6.07) is 5.80. The minimum Gasteiger partial charge on any atom is -1.00 e. The van der Waals surface area contributed by atoms with Gasteiger partial charge in [0.2, 0.25) is 5.39 Å². The molecule has 1 aromatic carbocycles. The Balaban J connectivity index is 0.00000112. The summed E-state index contributed by atoms with van der Waals surface area (Å²) in [7, 11) is 0. The lowest BCUT2D eigenvalue weighted by Gasteiger charge is -2.19. The average Bonchev–Trinajstić information content (AvgIpc) is 2.70. The SMILES string of the molecule is Cc1cc([N+]#N)ccc1N1CCCC1.[Cl-]. The first-order valence-corrected chi connectivity index (χ1v) is 5.02. The van der Waals surface area contributed by atoms with E-state index in [2.05, 4.69) is 16.8 Å². The molecule has 0 unspecified atom stereocenters. The van der Waals surface area contributed by atoms with Crippen molar-refractivity contribution >= 4 is 11.4 Å². The Hall–Kier alpha value is -1.27. The third-order valence-corrected chi connectivity index (χ3v) is 2.74. The van der Waals surface area contributed by atoms with Gasteiger partial charge in [0.25, 0.3) is 0 Å². The molecule has 0 spiro atoms. The molecule has 1 aliphatic heterocycles. The Bertz CT molecular complexity index is 378. The molecule has 0 aromatic heterocycles. The molecule has 3 nitrogen and oxygen atoms in total. The van der Waals surface area contributed by atoms with Crippen LogP contribution in [0.15, 0.2) is 18.2 Å². The van der Waals surface area contributed by atoms with Crippen LogP contribution in [0.3, 0.4) is 0 Å². The first-order valence-electron chi connectivity index (χ1n) is 5.02. The van der Waals surface area contributed by atoms with Crippen LogP contribution >= 0.6 is 0 Å². The minimum atomic E-state index is 0. The molecule has 1 aromatic rings. The van der Waals surface area contributed by atoms with Crippen molar-refractivity contribution in [3.05, 3.63) is 28.7 Å². The van der Waals surface area contributed by atoms with E-state index in [1.165, 1.54) is 24.1 Å². The van der Waals surface area contributed by atoms with Gasteiger partial charge in [-0.3, -0.25) is 0 Å². The molecule has 0 atom stereocenters. The van der Waals surface area contributed by atoms with Crippen molar-refractivity contribution in [1.29, 1.82) is 5.39 Å². The van der Waals surface area contributed by atoms with Crippen molar-refractivity contribution in [3.63, 3.8) is 0 Å². The van der Waals surface area contributed by atoms with Crippen LogP contribution in [0.25, 0.3) is 4.98 Å². The van der Waals surface area contributed by atoms with E-state index >= 15 is 0 Å². The number of anilines is 1. The van der Waals surface area contributed by atoms with E-state index in [1.54, 1.807) is 0 Å². The summed E-state index contributed by atoms with van der Waals surface area (Å²) in [5.41, 5.74) is 3.09. The summed E-state index contributed by atoms with van der Waals surface area (Å²) in [4.78, 5) is 5.57. The van der Waals surface area contributed by atoms with Crippen LogP contribution in [0.5, 0.6) is 0 Å². The van der Waals surface area contributed by atoms with Crippen LogP contribution < -0.4 is 17.3 Å². The molecule has 80 valence electrons. The highest BCUT2D eigenvalue weighted by Gasteiger charge is 2.16. The lowest BCUT2D eigenvalue weighted by molar-refractivity contribution is -0.00000313. The molecule has 0 radical (unpaired) electrons. The van der Waals surface area contributed by atoms with Crippen molar-refractivity contribution in [1.82, 2.24) is 0 Å². The van der Waals surface area contributed by atoms with Crippen molar-refractivity contribution in [2.24, 2.45) is 0 Å². The first kappa shape index (κ1) is 11.8. The fourth-order valence-corrected chi connectivity index (χ4v) is 2.01. The van der Waals surface area contributed by atoms with Crippen LogP contribution in [0.1, 0.15) is 18.4 Å². The average molecular weight is 224 g/mol. The molecule has 1 aliphatic rings. The maximum Gasteiger partial charge on any atom is 0.385 e. The zero-order chi connectivity index (χ0) is 9.97. The van der Waals surface area contributed by atoms with E-state index in [0.717, 1.165) is 13.1 Å². The standard InChI is InChI=1S/C11H14N3.ClH/c1-9-8-10(13-12)4-5-11(9)14-6-2-3-7-14;/h4-5,8H,2-3,6-7H2,1H3;1H/q+1;/p-1. The molecule has 0 amide bonds.